The van der Waals surface area contributed by atoms with Crippen molar-refractivity contribution < 1.29 is 0 Å². The van der Waals surface area contributed by atoms with Gasteiger partial charge in [-0.05, 0) is 101 Å². The predicted molar refractivity (Wildman–Crippen MR) is 76.7 cm³/mol. The highest BCUT2D eigenvalue weighted by Gasteiger charge is 2.36. The van der Waals surface area contributed by atoms with Gasteiger partial charge in [0.1, 0.15) is 0 Å². The molecule has 2 aliphatic heterocycles. The molecule has 3 aliphatic rings. The van der Waals surface area contributed by atoms with E-state index in [1.165, 1.54) is 84.0 Å². The van der Waals surface area contributed by atoms with Gasteiger partial charge in [0, 0.05) is 0 Å². The van der Waals surface area contributed by atoms with E-state index in [-0.39, 0.29) is 0 Å². The van der Waals surface area contributed by atoms with E-state index in [1.807, 2.05) is 0 Å². The summed E-state index contributed by atoms with van der Waals surface area (Å²) in [6, 6.07) is 0. The van der Waals surface area contributed by atoms with Crippen LogP contribution in [0, 0.1) is 17.3 Å². The van der Waals surface area contributed by atoms with Gasteiger partial charge in [-0.25, -0.2) is 0 Å². The van der Waals surface area contributed by atoms with Gasteiger partial charge in [-0.3, -0.25) is 0 Å². The molecule has 3 fully saturated rings. The van der Waals surface area contributed by atoms with Crippen LogP contribution in [-0.4, -0.2) is 26.2 Å². The number of hydrogen-bond acceptors (Lipinski definition) is 2. The quantitative estimate of drug-likeness (QED) is 0.787. The zero-order valence-electron chi connectivity index (χ0n) is 11.8. The van der Waals surface area contributed by atoms with E-state index in [0.29, 0.717) is 0 Å². The average molecular weight is 250 g/mol. The van der Waals surface area contributed by atoms with Crippen LogP contribution >= 0.6 is 0 Å². The number of hydrogen-bond donors (Lipinski definition) is 2. The maximum Gasteiger partial charge on any atom is -0.00436 e. The SMILES string of the molecule is C1CC(CC2CCC3(CCNCC3)CC2)CCN1. The van der Waals surface area contributed by atoms with Gasteiger partial charge < -0.3 is 10.6 Å². The highest BCUT2D eigenvalue weighted by Crippen LogP contribution is 2.46. The lowest BCUT2D eigenvalue weighted by molar-refractivity contribution is 0.0937. The van der Waals surface area contributed by atoms with Crippen LogP contribution in [0.2, 0.25) is 0 Å². The lowest BCUT2D eigenvalue weighted by Gasteiger charge is -2.44. The van der Waals surface area contributed by atoms with E-state index in [1.54, 1.807) is 0 Å². The molecule has 0 aromatic heterocycles. The molecule has 0 unspecified atom stereocenters. The fourth-order valence-electron chi connectivity index (χ4n) is 4.57. The molecule has 0 radical (unpaired) electrons. The van der Waals surface area contributed by atoms with E-state index in [2.05, 4.69) is 10.6 Å². The summed E-state index contributed by atoms with van der Waals surface area (Å²) in [5.41, 5.74) is 0.760. The van der Waals surface area contributed by atoms with Crippen molar-refractivity contribution in [2.45, 2.75) is 57.8 Å². The van der Waals surface area contributed by atoms with E-state index in [4.69, 9.17) is 0 Å². The summed E-state index contributed by atoms with van der Waals surface area (Å²) in [5, 5.41) is 7.02. The topological polar surface area (TPSA) is 24.1 Å². The Bertz CT molecular complexity index is 242. The first-order valence-electron chi connectivity index (χ1n) is 8.28. The molecule has 2 saturated heterocycles. The molecule has 2 heteroatoms. The van der Waals surface area contributed by atoms with E-state index in [9.17, 15) is 0 Å². The summed E-state index contributed by atoms with van der Waals surface area (Å²) in [5.74, 6) is 2.10. The molecule has 0 amide bonds. The molecule has 104 valence electrons. The van der Waals surface area contributed by atoms with Crippen molar-refractivity contribution >= 4 is 0 Å². The average Bonchev–Trinajstić information content (AvgIpc) is 2.44. The van der Waals surface area contributed by atoms with Gasteiger partial charge in [0.15, 0.2) is 0 Å². The van der Waals surface area contributed by atoms with Crippen molar-refractivity contribution in [2.24, 2.45) is 17.3 Å². The Morgan fingerprint density at radius 3 is 1.89 bits per heavy atom. The Hall–Kier alpha value is -0.0800. The molecule has 2 heterocycles. The minimum Gasteiger partial charge on any atom is -0.317 e. The van der Waals surface area contributed by atoms with Gasteiger partial charge in [0.25, 0.3) is 0 Å². The molecule has 0 atom stereocenters. The normalized spacial score (nSPS) is 30.7. The Morgan fingerprint density at radius 1 is 0.667 bits per heavy atom. The van der Waals surface area contributed by atoms with Crippen molar-refractivity contribution in [2.75, 3.05) is 26.2 Å². The van der Waals surface area contributed by atoms with Gasteiger partial charge in [0.2, 0.25) is 0 Å². The van der Waals surface area contributed by atoms with Crippen molar-refractivity contribution in [1.29, 1.82) is 0 Å². The van der Waals surface area contributed by atoms with Gasteiger partial charge in [0.05, 0.1) is 0 Å². The van der Waals surface area contributed by atoms with E-state index in [0.717, 1.165) is 17.3 Å². The predicted octanol–water partition coefficient (Wildman–Crippen LogP) is 2.94. The molecule has 1 saturated carbocycles. The molecule has 0 bridgehead atoms. The third kappa shape index (κ3) is 3.08. The fourth-order valence-corrected chi connectivity index (χ4v) is 4.57. The van der Waals surface area contributed by atoms with Crippen LogP contribution in [0.1, 0.15) is 57.8 Å². The third-order valence-corrected chi connectivity index (χ3v) is 5.96. The summed E-state index contributed by atoms with van der Waals surface area (Å²) in [7, 11) is 0. The van der Waals surface area contributed by atoms with Crippen LogP contribution in [0.4, 0.5) is 0 Å². The molecule has 0 aromatic carbocycles. The Morgan fingerprint density at radius 2 is 1.22 bits per heavy atom. The maximum absolute atomic E-state index is 3.53. The Balaban J connectivity index is 1.44. The lowest BCUT2D eigenvalue weighted by atomic mass is 9.64. The molecule has 3 rings (SSSR count). The minimum absolute atomic E-state index is 0.760. The lowest BCUT2D eigenvalue weighted by Crippen LogP contribution is -2.39. The van der Waals surface area contributed by atoms with Gasteiger partial charge >= 0.3 is 0 Å². The van der Waals surface area contributed by atoms with Crippen LogP contribution in [0.15, 0.2) is 0 Å². The van der Waals surface area contributed by atoms with Gasteiger partial charge in [-0.2, -0.15) is 0 Å². The summed E-state index contributed by atoms with van der Waals surface area (Å²) >= 11 is 0. The van der Waals surface area contributed by atoms with Crippen molar-refractivity contribution in [3.8, 4) is 0 Å². The first-order chi connectivity index (χ1) is 8.86. The second kappa shape index (κ2) is 5.92. The molecule has 0 aromatic rings. The van der Waals surface area contributed by atoms with Crippen LogP contribution in [-0.2, 0) is 0 Å². The molecule has 2 nitrogen and oxygen atoms in total. The zero-order chi connectivity index (χ0) is 12.3. The Labute approximate surface area is 112 Å². The summed E-state index contributed by atoms with van der Waals surface area (Å²) in [6.07, 6.45) is 13.4. The van der Waals surface area contributed by atoms with Crippen LogP contribution in [0.3, 0.4) is 0 Å². The monoisotopic (exact) mass is 250 g/mol. The van der Waals surface area contributed by atoms with Crippen LogP contribution in [0.25, 0.3) is 0 Å². The molecule has 1 spiro atoms. The highest BCUT2D eigenvalue weighted by atomic mass is 14.9. The number of rotatable bonds is 2. The second-order valence-corrected chi connectivity index (χ2v) is 7.12. The standard InChI is InChI=1S/C16H30N2/c1-5-16(7-11-18-12-8-16)6-2-14(1)13-15-3-9-17-10-4-15/h14-15,17-18H,1-13H2. The maximum atomic E-state index is 3.53. The minimum atomic E-state index is 0.760. The van der Waals surface area contributed by atoms with Gasteiger partial charge in [-0.15, -0.1) is 0 Å². The molecule has 18 heavy (non-hydrogen) atoms. The summed E-state index contributed by atoms with van der Waals surface area (Å²) < 4.78 is 0. The van der Waals surface area contributed by atoms with Crippen molar-refractivity contribution in [3.63, 3.8) is 0 Å². The van der Waals surface area contributed by atoms with Crippen molar-refractivity contribution in [3.05, 3.63) is 0 Å². The second-order valence-electron chi connectivity index (χ2n) is 7.12. The fraction of sp³-hybridized carbons (Fsp3) is 1.00. The van der Waals surface area contributed by atoms with Crippen molar-refractivity contribution in [1.82, 2.24) is 10.6 Å². The molecular weight excluding hydrogens is 220 g/mol. The van der Waals surface area contributed by atoms with Gasteiger partial charge in [-0.1, -0.05) is 0 Å². The van der Waals surface area contributed by atoms with Crippen LogP contribution < -0.4 is 10.6 Å². The third-order valence-electron chi connectivity index (χ3n) is 5.96. The van der Waals surface area contributed by atoms with E-state index < -0.39 is 0 Å². The first kappa shape index (κ1) is 12.9. The number of nitrogens with one attached hydrogen (secondary N) is 2. The van der Waals surface area contributed by atoms with E-state index >= 15 is 0 Å². The largest absolute Gasteiger partial charge is 0.317 e. The molecule has 1 aliphatic carbocycles. The first-order valence-corrected chi connectivity index (χ1v) is 8.28. The summed E-state index contributed by atoms with van der Waals surface area (Å²) in [6.45, 7) is 5.10. The summed E-state index contributed by atoms with van der Waals surface area (Å²) in [4.78, 5) is 0. The zero-order valence-corrected chi connectivity index (χ0v) is 11.8. The smallest absolute Gasteiger partial charge is 0.00436 e. The highest BCUT2D eigenvalue weighted by molar-refractivity contribution is 4.89. The number of piperidine rings is 2. The van der Waals surface area contributed by atoms with Crippen LogP contribution in [0.5, 0.6) is 0 Å². The molecule has 2 N–H and O–H groups in total. The Kier molecular flexibility index (Phi) is 4.25. The molecular formula is C16H30N2.